The van der Waals surface area contributed by atoms with Crippen LogP contribution in [0.3, 0.4) is 0 Å². The van der Waals surface area contributed by atoms with Gasteiger partial charge in [0.15, 0.2) is 0 Å². The van der Waals surface area contributed by atoms with Crippen LogP contribution >= 0.6 is 0 Å². The minimum Gasteiger partial charge on any atom is -0.370 e. The Morgan fingerprint density at radius 3 is 2.52 bits per heavy atom. The molecule has 0 spiro atoms. The highest BCUT2D eigenvalue weighted by Crippen LogP contribution is 2.29. The van der Waals surface area contributed by atoms with Crippen molar-refractivity contribution < 1.29 is 4.39 Å². The third kappa shape index (κ3) is 3.20. The molecule has 0 saturated heterocycles. The summed E-state index contributed by atoms with van der Waals surface area (Å²) >= 11 is 0. The number of aryl methyl sites for hydroxylation is 1. The first-order valence-electron chi connectivity index (χ1n) is 7.45. The third-order valence-corrected chi connectivity index (χ3v) is 3.57. The molecule has 2 rings (SSSR count). The van der Waals surface area contributed by atoms with Gasteiger partial charge in [-0.25, -0.2) is 14.4 Å². The van der Waals surface area contributed by atoms with Crippen LogP contribution in [0, 0.1) is 19.7 Å². The minimum absolute atomic E-state index is 0.202. The van der Waals surface area contributed by atoms with E-state index in [1.807, 2.05) is 19.9 Å². The highest BCUT2D eigenvalue weighted by molar-refractivity contribution is 5.71. The van der Waals surface area contributed by atoms with E-state index in [1.165, 1.54) is 6.07 Å². The first-order valence-corrected chi connectivity index (χ1v) is 7.45. The van der Waals surface area contributed by atoms with Gasteiger partial charge in [-0.05, 0) is 31.9 Å². The maximum absolute atomic E-state index is 13.8. The predicted molar refractivity (Wildman–Crippen MR) is 85.1 cm³/mol. The van der Waals surface area contributed by atoms with Gasteiger partial charge in [-0.2, -0.15) is 0 Å². The molecular formula is C17H22FN3. The summed E-state index contributed by atoms with van der Waals surface area (Å²) < 4.78 is 13.8. The molecule has 1 N–H and O–H groups in total. The van der Waals surface area contributed by atoms with Gasteiger partial charge in [0.25, 0.3) is 0 Å². The predicted octanol–water partition coefficient (Wildman–Crippen LogP) is 4.28. The lowest BCUT2D eigenvalue weighted by atomic mass is 10.0. The van der Waals surface area contributed by atoms with Gasteiger partial charge in [-0.15, -0.1) is 0 Å². The summed E-state index contributed by atoms with van der Waals surface area (Å²) in [7, 11) is 0. The summed E-state index contributed by atoms with van der Waals surface area (Å²) in [6.45, 7) is 8.77. The van der Waals surface area contributed by atoms with E-state index in [4.69, 9.17) is 0 Å². The van der Waals surface area contributed by atoms with E-state index in [2.05, 4.69) is 22.2 Å². The van der Waals surface area contributed by atoms with Crippen molar-refractivity contribution in [3.05, 3.63) is 41.0 Å². The molecule has 2 aromatic rings. The first kappa shape index (κ1) is 15.4. The van der Waals surface area contributed by atoms with Crippen LogP contribution in [-0.4, -0.2) is 16.5 Å². The Kier molecular flexibility index (Phi) is 4.89. The van der Waals surface area contributed by atoms with Crippen molar-refractivity contribution in [2.24, 2.45) is 0 Å². The lowest BCUT2D eigenvalue weighted by Crippen LogP contribution is -2.09. The molecule has 0 aliphatic rings. The third-order valence-electron chi connectivity index (χ3n) is 3.57. The molecule has 21 heavy (non-hydrogen) atoms. The zero-order chi connectivity index (χ0) is 15.4. The fourth-order valence-corrected chi connectivity index (χ4v) is 2.26. The van der Waals surface area contributed by atoms with Crippen molar-refractivity contribution in [1.82, 2.24) is 9.97 Å². The Morgan fingerprint density at radius 1 is 1.10 bits per heavy atom. The van der Waals surface area contributed by atoms with Gasteiger partial charge < -0.3 is 5.32 Å². The van der Waals surface area contributed by atoms with Crippen LogP contribution in [0.4, 0.5) is 10.2 Å². The fourth-order valence-electron chi connectivity index (χ4n) is 2.26. The van der Waals surface area contributed by atoms with Crippen molar-refractivity contribution >= 4 is 5.82 Å². The molecule has 1 aromatic carbocycles. The Balaban J connectivity index is 2.59. The van der Waals surface area contributed by atoms with E-state index in [0.29, 0.717) is 5.56 Å². The van der Waals surface area contributed by atoms with Crippen molar-refractivity contribution in [3.8, 4) is 11.3 Å². The van der Waals surface area contributed by atoms with Gasteiger partial charge >= 0.3 is 0 Å². The SMILES string of the molecule is CCCNc1nc(CC)nc(-c2cccc(F)c2C)c1C. The van der Waals surface area contributed by atoms with Gasteiger partial charge in [0.1, 0.15) is 17.5 Å². The molecule has 0 saturated carbocycles. The quantitative estimate of drug-likeness (QED) is 0.891. The van der Waals surface area contributed by atoms with Crippen molar-refractivity contribution in [3.63, 3.8) is 0 Å². The second kappa shape index (κ2) is 6.66. The van der Waals surface area contributed by atoms with Crippen LogP contribution in [0.5, 0.6) is 0 Å². The number of aromatic nitrogens is 2. The van der Waals surface area contributed by atoms with Crippen molar-refractivity contribution in [1.29, 1.82) is 0 Å². The van der Waals surface area contributed by atoms with E-state index >= 15 is 0 Å². The molecule has 0 unspecified atom stereocenters. The monoisotopic (exact) mass is 287 g/mol. The Morgan fingerprint density at radius 2 is 1.86 bits per heavy atom. The lowest BCUT2D eigenvalue weighted by molar-refractivity contribution is 0.619. The number of benzene rings is 1. The smallest absolute Gasteiger partial charge is 0.133 e. The standard InChI is InChI=1S/C17H22FN3/c1-5-10-19-17-12(4)16(20-15(6-2)21-17)13-8-7-9-14(18)11(13)3/h7-9H,5-6,10H2,1-4H3,(H,19,20,21). The maximum atomic E-state index is 13.8. The average molecular weight is 287 g/mol. The molecule has 0 radical (unpaired) electrons. The number of halogens is 1. The molecule has 1 heterocycles. The van der Waals surface area contributed by atoms with Crippen LogP contribution in [-0.2, 0) is 6.42 Å². The molecule has 0 amide bonds. The molecule has 0 aliphatic heterocycles. The highest BCUT2D eigenvalue weighted by Gasteiger charge is 2.14. The van der Waals surface area contributed by atoms with Crippen LogP contribution in [0.25, 0.3) is 11.3 Å². The highest BCUT2D eigenvalue weighted by atomic mass is 19.1. The maximum Gasteiger partial charge on any atom is 0.133 e. The van der Waals surface area contributed by atoms with Crippen LogP contribution in [0.1, 0.15) is 37.2 Å². The Labute approximate surface area is 125 Å². The number of anilines is 1. The zero-order valence-corrected chi connectivity index (χ0v) is 13.1. The lowest BCUT2D eigenvalue weighted by Gasteiger charge is -2.15. The average Bonchev–Trinajstić information content (AvgIpc) is 2.49. The zero-order valence-electron chi connectivity index (χ0n) is 13.1. The van der Waals surface area contributed by atoms with Crippen LogP contribution < -0.4 is 5.32 Å². The summed E-state index contributed by atoms with van der Waals surface area (Å²) in [5, 5.41) is 3.34. The van der Waals surface area contributed by atoms with E-state index in [9.17, 15) is 4.39 Å². The molecule has 0 atom stereocenters. The normalized spacial score (nSPS) is 10.7. The fraction of sp³-hybridized carbons (Fsp3) is 0.412. The Bertz CT molecular complexity index is 638. The molecule has 112 valence electrons. The van der Waals surface area contributed by atoms with Gasteiger partial charge in [0.2, 0.25) is 0 Å². The molecule has 1 aromatic heterocycles. The van der Waals surface area contributed by atoms with E-state index in [0.717, 1.165) is 47.8 Å². The summed E-state index contributed by atoms with van der Waals surface area (Å²) in [6, 6.07) is 5.12. The number of hydrogen-bond acceptors (Lipinski definition) is 3. The van der Waals surface area contributed by atoms with Gasteiger partial charge in [-0.1, -0.05) is 26.0 Å². The van der Waals surface area contributed by atoms with E-state index < -0.39 is 0 Å². The molecular weight excluding hydrogens is 265 g/mol. The Hall–Kier alpha value is -1.97. The molecule has 4 heteroatoms. The van der Waals surface area contributed by atoms with Crippen LogP contribution in [0.15, 0.2) is 18.2 Å². The topological polar surface area (TPSA) is 37.8 Å². The van der Waals surface area contributed by atoms with Gasteiger partial charge in [-0.3, -0.25) is 0 Å². The molecule has 0 bridgehead atoms. The number of nitrogens with zero attached hydrogens (tertiary/aromatic N) is 2. The second-order valence-electron chi connectivity index (χ2n) is 5.15. The summed E-state index contributed by atoms with van der Waals surface area (Å²) in [5.74, 6) is 1.42. The number of rotatable bonds is 5. The van der Waals surface area contributed by atoms with Gasteiger partial charge in [0.05, 0.1) is 5.69 Å². The van der Waals surface area contributed by atoms with Crippen molar-refractivity contribution in [2.75, 3.05) is 11.9 Å². The van der Waals surface area contributed by atoms with Crippen molar-refractivity contribution in [2.45, 2.75) is 40.5 Å². The summed E-state index contributed by atoms with van der Waals surface area (Å²) in [4.78, 5) is 9.16. The van der Waals surface area contributed by atoms with Gasteiger partial charge in [0, 0.05) is 24.1 Å². The molecule has 0 aliphatic carbocycles. The summed E-state index contributed by atoms with van der Waals surface area (Å²) in [5.41, 5.74) is 3.25. The number of nitrogens with one attached hydrogen (secondary N) is 1. The van der Waals surface area contributed by atoms with Crippen LogP contribution in [0.2, 0.25) is 0 Å². The molecule has 3 nitrogen and oxygen atoms in total. The largest absolute Gasteiger partial charge is 0.370 e. The minimum atomic E-state index is -0.202. The van der Waals surface area contributed by atoms with E-state index in [1.54, 1.807) is 13.0 Å². The summed E-state index contributed by atoms with van der Waals surface area (Å²) in [6.07, 6.45) is 1.78. The second-order valence-corrected chi connectivity index (χ2v) is 5.15. The first-order chi connectivity index (χ1) is 10.1. The number of hydrogen-bond donors (Lipinski definition) is 1. The molecule has 0 fully saturated rings. The van der Waals surface area contributed by atoms with E-state index in [-0.39, 0.29) is 5.82 Å².